The van der Waals surface area contributed by atoms with Crippen LogP contribution < -0.4 is 5.32 Å². The monoisotopic (exact) mass is 324 g/mol. The van der Waals surface area contributed by atoms with Gasteiger partial charge in [0, 0.05) is 30.0 Å². The molecule has 2 heterocycles. The van der Waals surface area contributed by atoms with E-state index in [1.54, 1.807) is 12.3 Å². The van der Waals surface area contributed by atoms with Crippen molar-refractivity contribution in [2.45, 2.75) is 26.3 Å². The summed E-state index contributed by atoms with van der Waals surface area (Å²) in [6.07, 6.45) is 1.82. The maximum Gasteiger partial charge on any atom is 0.353 e. The summed E-state index contributed by atoms with van der Waals surface area (Å²) in [6, 6.07) is -0.317. The van der Waals surface area contributed by atoms with Crippen LogP contribution in [0.25, 0.3) is 0 Å². The van der Waals surface area contributed by atoms with Crippen LogP contribution in [0.1, 0.15) is 20.3 Å². The van der Waals surface area contributed by atoms with Gasteiger partial charge in [-0.1, -0.05) is 11.8 Å². The van der Waals surface area contributed by atoms with Gasteiger partial charge in [-0.05, 0) is 17.9 Å². The van der Waals surface area contributed by atoms with E-state index < -0.39 is 5.97 Å². The van der Waals surface area contributed by atoms with Crippen LogP contribution in [0.4, 0.5) is 0 Å². The molecule has 3 N–H and O–H groups in total. The van der Waals surface area contributed by atoms with Gasteiger partial charge in [-0.15, -0.1) is 0 Å². The van der Waals surface area contributed by atoms with Gasteiger partial charge < -0.3 is 15.5 Å². The van der Waals surface area contributed by atoms with Crippen LogP contribution >= 0.6 is 11.8 Å². The van der Waals surface area contributed by atoms with Crippen molar-refractivity contribution in [1.82, 2.24) is 10.2 Å². The second-order valence-electron chi connectivity index (χ2n) is 4.95. The largest absolute Gasteiger partial charge is 0.477 e. The van der Waals surface area contributed by atoms with Crippen molar-refractivity contribution in [2.75, 3.05) is 6.61 Å². The molecule has 0 spiro atoms. The van der Waals surface area contributed by atoms with Crippen LogP contribution in [0.2, 0.25) is 0 Å². The number of aliphatic hydroxyl groups is 1. The van der Waals surface area contributed by atoms with Gasteiger partial charge in [-0.25, -0.2) is 4.79 Å². The Balaban J connectivity index is 2.20. The smallest absolute Gasteiger partial charge is 0.353 e. The Hall–Kier alpha value is -2.06. The molecule has 1 atom stereocenters. The number of rotatable bonds is 5. The highest BCUT2D eigenvalue weighted by atomic mass is 32.2. The third kappa shape index (κ3) is 2.79. The average Bonchev–Trinajstić information content (AvgIpc) is 2.78. The first kappa shape index (κ1) is 16.3. The maximum absolute atomic E-state index is 12.1. The predicted molar refractivity (Wildman–Crippen MR) is 80.2 cm³/mol. The third-order valence-electron chi connectivity index (χ3n) is 3.44. The number of β-lactam (4-membered cyclic amide) rings is 1. The lowest BCUT2D eigenvalue weighted by atomic mass is 9.90. The Bertz CT molecular complexity index is 635. The molecule has 1 fully saturated rings. The summed E-state index contributed by atoms with van der Waals surface area (Å²) < 4.78 is 0. The average molecular weight is 324 g/mol. The van der Waals surface area contributed by atoms with E-state index in [0.717, 1.165) is 11.8 Å². The SMILES string of the molecule is CC(=O)N/C=C/SC1=C(C(=O)O)N2C(=O)/C(=C(\C)CO)C2C1. The van der Waals surface area contributed by atoms with E-state index in [4.69, 9.17) is 5.11 Å². The number of hydrogen-bond acceptors (Lipinski definition) is 5. The lowest BCUT2D eigenvalue weighted by Crippen LogP contribution is -2.53. The number of thioether (sulfide) groups is 1. The number of carbonyl (C=O) groups is 3. The van der Waals surface area contributed by atoms with Crippen LogP contribution in [0.5, 0.6) is 0 Å². The number of carbonyl (C=O) groups excluding carboxylic acids is 2. The van der Waals surface area contributed by atoms with E-state index >= 15 is 0 Å². The number of amides is 2. The molecule has 0 bridgehead atoms. The van der Waals surface area contributed by atoms with Gasteiger partial charge in [-0.3, -0.25) is 14.5 Å². The minimum absolute atomic E-state index is 0.0260. The Morgan fingerprint density at radius 1 is 1.45 bits per heavy atom. The molecule has 118 valence electrons. The molecule has 22 heavy (non-hydrogen) atoms. The van der Waals surface area contributed by atoms with E-state index in [-0.39, 0.29) is 30.2 Å². The summed E-state index contributed by atoms with van der Waals surface area (Å²) in [5.41, 5.74) is 1.03. The molecular weight excluding hydrogens is 308 g/mol. The third-order valence-corrected chi connectivity index (χ3v) is 4.36. The van der Waals surface area contributed by atoms with Crippen molar-refractivity contribution in [1.29, 1.82) is 0 Å². The molecule has 0 saturated carbocycles. The first-order valence-corrected chi connectivity index (χ1v) is 7.45. The summed E-state index contributed by atoms with van der Waals surface area (Å²) in [6.45, 7) is 2.80. The van der Waals surface area contributed by atoms with Gasteiger partial charge in [0.2, 0.25) is 5.91 Å². The molecule has 2 aliphatic heterocycles. The zero-order chi connectivity index (χ0) is 16.4. The number of carboxylic acid groups (broad SMARTS) is 1. The normalized spacial score (nSPS) is 22.8. The number of hydrogen-bond donors (Lipinski definition) is 3. The molecule has 2 aliphatic rings. The molecule has 1 unspecified atom stereocenters. The molecule has 0 radical (unpaired) electrons. The molecule has 2 rings (SSSR count). The van der Waals surface area contributed by atoms with Crippen LogP contribution in [0.15, 0.2) is 33.4 Å². The van der Waals surface area contributed by atoms with Gasteiger partial charge in [0.05, 0.1) is 12.6 Å². The van der Waals surface area contributed by atoms with Crippen molar-refractivity contribution >= 4 is 29.5 Å². The van der Waals surface area contributed by atoms with E-state index in [1.165, 1.54) is 18.0 Å². The topological polar surface area (TPSA) is 107 Å². The molecule has 0 aromatic rings. The fourth-order valence-corrected chi connectivity index (χ4v) is 3.33. The van der Waals surface area contributed by atoms with Gasteiger partial charge in [0.25, 0.3) is 5.91 Å². The lowest BCUT2D eigenvalue weighted by molar-refractivity contribution is -0.142. The number of aliphatic carboxylic acids is 1. The molecule has 0 aliphatic carbocycles. The van der Waals surface area contributed by atoms with Crippen molar-refractivity contribution in [2.24, 2.45) is 0 Å². The Morgan fingerprint density at radius 3 is 2.68 bits per heavy atom. The number of fused-ring (bicyclic) bond motifs is 1. The molecule has 8 heteroatoms. The molecule has 1 saturated heterocycles. The van der Waals surface area contributed by atoms with E-state index in [0.29, 0.717) is 22.5 Å². The van der Waals surface area contributed by atoms with Crippen LogP contribution in [-0.2, 0) is 14.4 Å². The van der Waals surface area contributed by atoms with Gasteiger partial charge in [0.1, 0.15) is 5.70 Å². The minimum atomic E-state index is -1.16. The minimum Gasteiger partial charge on any atom is -0.477 e. The van der Waals surface area contributed by atoms with Crippen molar-refractivity contribution in [3.63, 3.8) is 0 Å². The Labute approximate surface area is 131 Å². The standard InChI is InChI=1S/C14H16N2O5S/c1-7(6-17)11-9-5-10(22-4-3-15-8(2)18)12(14(20)21)16(9)13(11)19/h3-4,9,17H,5-6H2,1-2H3,(H,15,18)(H,20,21)/b4-3+,11-7+. The predicted octanol–water partition coefficient (Wildman–Crippen LogP) is 0.546. The number of carboxylic acids is 1. The lowest BCUT2D eigenvalue weighted by Gasteiger charge is -2.39. The Kier molecular flexibility index (Phi) is 4.72. The highest BCUT2D eigenvalue weighted by molar-refractivity contribution is 8.05. The second-order valence-corrected chi connectivity index (χ2v) is 5.95. The van der Waals surface area contributed by atoms with Crippen LogP contribution in [-0.4, -0.2) is 45.5 Å². The fraction of sp³-hybridized carbons (Fsp3) is 0.357. The quantitative estimate of drug-likeness (QED) is 0.503. The summed E-state index contributed by atoms with van der Waals surface area (Å²) in [4.78, 5) is 36.1. The highest BCUT2D eigenvalue weighted by Gasteiger charge is 2.52. The van der Waals surface area contributed by atoms with Crippen LogP contribution in [0.3, 0.4) is 0 Å². The number of aliphatic hydroxyl groups excluding tert-OH is 1. The van der Waals surface area contributed by atoms with Crippen LogP contribution in [0, 0.1) is 0 Å². The number of nitrogens with one attached hydrogen (secondary N) is 1. The van der Waals surface area contributed by atoms with Crippen molar-refractivity contribution < 1.29 is 24.6 Å². The molecule has 7 nitrogen and oxygen atoms in total. The molecule has 0 aromatic carbocycles. The van der Waals surface area contributed by atoms with Gasteiger partial charge in [-0.2, -0.15) is 0 Å². The van der Waals surface area contributed by atoms with E-state index in [9.17, 15) is 19.5 Å². The van der Waals surface area contributed by atoms with Gasteiger partial charge in [0.15, 0.2) is 0 Å². The summed E-state index contributed by atoms with van der Waals surface area (Å²) in [5, 5.41) is 22.5. The highest BCUT2D eigenvalue weighted by Crippen LogP contribution is 2.46. The Morgan fingerprint density at radius 2 is 2.14 bits per heavy atom. The van der Waals surface area contributed by atoms with Gasteiger partial charge >= 0.3 is 5.97 Å². The van der Waals surface area contributed by atoms with Crippen molar-refractivity contribution in [3.05, 3.63) is 33.4 Å². The van der Waals surface area contributed by atoms with E-state index in [1.807, 2.05) is 0 Å². The van der Waals surface area contributed by atoms with Crippen molar-refractivity contribution in [3.8, 4) is 0 Å². The zero-order valence-electron chi connectivity index (χ0n) is 12.1. The first-order valence-electron chi connectivity index (χ1n) is 6.57. The van der Waals surface area contributed by atoms with E-state index in [2.05, 4.69) is 5.32 Å². The zero-order valence-corrected chi connectivity index (χ0v) is 12.9. The summed E-state index contributed by atoms with van der Waals surface area (Å²) in [5.74, 6) is -1.75. The second kappa shape index (κ2) is 6.37. The number of nitrogens with zero attached hydrogens (tertiary/aromatic N) is 1. The summed E-state index contributed by atoms with van der Waals surface area (Å²) >= 11 is 1.16. The fourth-order valence-electron chi connectivity index (χ4n) is 2.48. The first-order chi connectivity index (χ1) is 10.4. The molecular formula is C14H16N2O5S. The molecule has 2 amide bonds. The maximum atomic E-state index is 12.1. The summed E-state index contributed by atoms with van der Waals surface area (Å²) in [7, 11) is 0. The molecule has 0 aromatic heterocycles.